The Balaban J connectivity index is 1.31. The second-order valence-electron chi connectivity index (χ2n) is 7.48. The SMILES string of the molecule is Cc1ccc(OCC(=O)NN=C2C3CC4CC(C3)CC2C4)cc1. The molecular formula is C19H24N2O2. The zero-order chi connectivity index (χ0) is 15.8. The zero-order valence-corrected chi connectivity index (χ0v) is 13.6. The molecule has 4 aliphatic rings. The van der Waals surface area contributed by atoms with E-state index in [4.69, 9.17) is 4.74 Å². The molecule has 5 rings (SSSR count). The number of aryl methyl sites for hydroxylation is 1. The lowest BCUT2D eigenvalue weighted by molar-refractivity contribution is -0.123. The van der Waals surface area contributed by atoms with E-state index in [1.54, 1.807) is 0 Å². The van der Waals surface area contributed by atoms with Gasteiger partial charge in [0.2, 0.25) is 0 Å². The van der Waals surface area contributed by atoms with Crippen LogP contribution in [0.5, 0.6) is 5.75 Å². The van der Waals surface area contributed by atoms with Crippen LogP contribution in [0.3, 0.4) is 0 Å². The van der Waals surface area contributed by atoms with E-state index in [1.165, 1.54) is 43.4 Å². The van der Waals surface area contributed by atoms with Crippen LogP contribution in [0.15, 0.2) is 29.4 Å². The van der Waals surface area contributed by atoms with Gasteiger partial charge in [0.1, 0.15) is 5.75 Å². The van der Waals surface area contributed by atoms with Gasteiger partial charge in [-0.05, 0) is 74.8 Å². The van der Waals surface area contributed by atoms with Crippen molar-refractivity contribution in [1.82, 2.24) is 5.43 Å². The van der Waals surface area contributed by atoms with E-state index < -0.39 is 0 Å². The van der Waals surface area contributed by atoms with Gasteiger partial charge in [-0.25, -0.2) is 5.43 Å². The minimum Gasteiger partial charge on any atom is -0.484 e. The molecule has 0 spiro atoms. The lowest BCUT2D eigenvalue weighted by atomic mass is 9.55. The Morgan fingerprint density at radius 1 is 1.09 bits per heavy atom. The number of carbonyl (C=O) groups is 1. The van der Waals surface area contributed by atoms with E-state index >= 15 is 0 Å². The number of hydrogen-bond acceptors (Lipinski definition) is 3. The van der Waals surface area contributed by atoms with Crippen molar-refractivity contribution < 1.29 is 9.53 Å². The molecule has 0 radical (unpaired) electrons. The molecule has 1 amide bonds. The maximum Gasteiger partial charge on any atom is 0.277 e. The summed E-state index contributed by atoms with van der Waals surface area (Å²) in [5, 5.41) is 4.49. The summed E-state index contributed by atoms with van der Waals surface area (Å²) in [6, 6.07) is 7.71. The predicted octanol–water partition coefficient (Wildman–Crippen LogP) is 3.30. The van der Waals surface area contributed by atoms with E-state index in [1.807, 2.05) is 31.2 Å². The largest absolute Gasteiger partial charge is 0.484 e. The molecule has 0 atom stereocenters. The Morgan fingerprint density at radius 2 is 1.70 bits per heavy atom. The first-order chi connectivity index (χ1) is 11.2. The molecule has 0 saturated heterocycles. The first kappa shape index (κ1) is 14.7. The van der Waals surface area contributed by atoms with Gasteiger partial charge in [-0.15, -0.1) is 0 Å². The van der Waals surface area contributed by atoms with Gasteiger partial charge in [0.15, 0.2) is 6.61 Å². The highest BCUT2D eigenvalue weighted by atomic mass is 16.5. The van der Waals surface area contributed by atoms with Crippen LogP contribution in [0.25, 0.3) is 0 Å². The summed E-state index contributed by atoms with van der Waals surface area (Å²) in [7, 11) is 0. The van der Waals surface area contributed by atoms with Crippen LogP contribution in [0.2, 0.25) is 0 Å². The molecule has 1 N–H and O–H groups in total. The monoisotopic (exact) mass is 312 g/mol. The third kappa shape index (κ3) is 3.12. The lowest BCUT2D eigenvalue weighted by Crippen LogP contribution is -2.46. The molecule has 0 unspecified atom stereocenters. The van der Waals surface area contributed by atoms with Crippen molar-refractivity contribution in [3.05, 3.63) is 29.8 Å². The van der Waals surface area contributed by atoms with Gasteiger partial charge in [0.05, 0.1) is 0 Å². The van der Waals surface area contributed by atoms with Crippen molar-refractivity contribution in [2.45, 2.75) is 39.0 Å². The summed E-state index contributed by atoms with van der Waals surface area (Å²) >= 11 is 0. The molecule has 1 aromatic carbocycles. The third-order valence-corrected chi connectivity index (χ3v) is 5.68. The number of nitrogens with one attached hydrogen (secondary N) is 1. The van der Waals surface area contributed by atoms with Gasteiger partial charge in [-0.3, -0.25) is 4.79 Å². The summed E-state index contributed by atoms with van der Waals surface area (Å²) in [6.45, 7) is 2.04. The second-order valence-corrected chi connectivity index (χ2v) is 7.48. The zero-order valence-electron chi connectivity index (χ0n) is 13.6. The fourth-order valence-electron chi connectivity index (χ4n) is 4.79. The number of ether oxygens (including phenoxy) is 1. The highest BCUT2D eigenvalue weighted by Crippen LogP contribution is 2.52. The molecule has 4 saturated carbocycles. The molecular weight excluding hydrogens is 288 g/mol. The Morgan fingerprint density at radius 3 is 2.30 bits per heavy atom. The molecule has 0 aromatic heterocycles. The molecule has 0 aliphatic heterocycles. The van der Waals surface area contributed by atoms with Crippen molar-refractivity contribution in [1.29, 1.82) is 0 Å². The fourth-order valence-corrected chi connectivity index (χ4v) is 4.79. The average molecular weight is 312 g/mol. The van der Waals surface area contributed by atoms with Gasteiger partial charge in [0.25, 0.3) is 5.91 Å². The maximum absolute atomic E-state index is 12.0. The van der Waals surface area contributed by atoms with Crippen molar-refractivity contribution in [2.24, 2.45) is 28.8 Å². The van der Waals surface area contributed by atoms with Crippen molar-refractivity contribution in [3.8, 4) is 5.75 Å². The van der Waals surface area contributed by atoms with Crippen LogP contribution in [0.4, 0.5) is 0 Å². The quantitative estimate of drug-likeness (QED) is 0.867. The summed E-state index contributed by atoms with van der Waals surface area (Å²) in [4.78, 5) is 12.0. The van der Waals surface area contributed by atoms with Gasteiger partial charge >= 0.3 is 0 Å². The fraction of sp³-hybridized carbons (Fsp3) is 0.579. The highest BCUT2D eigenvalue weighted by molar-refractivity contribution is 5.92. The van der Waals surface area contributed by atoms with E-state index in [0.29, 0.717) is 17.6 Å². The average Bonchev–Trinajstić information content (AvgIpc) is 2.53. The smallest absolute Gasteiger partial charge is 0.277 e. The van der Waals surface area contributed by atoms with Crippen LogP contribution < -0.4 is 10.2 Å². The van der Waals surface area contributed by atoms with Crippen LogP contribution in [-0.2, 0) is 4.79 Å². The predicted molar refractivity (Wildman–Crippen MR) is 89.3 cm³/mol. The molecule has 4 fully saturated rings. The van der Waals surface area contributed by atoms with Crippen LogP contribution in [0, 0.1) is 30.6 Å². The number of hydrogen-bond donors (Lipinski definition) is 1. The van der Waals surface area contributed by atoms with Crippen molar-refractivity contribution in [3.63, 3.8) is 0 Å². The number of nitrogens with zero attached hydrogens (tertiary/aromatic N) is 1. The first-order valence-corrected chi connectivity index (χ1v) is 8.73. The van der Waals surface area contributed by atoms with Gasteiger partial charge in [-0.2, -0.15) is 5.10 Å². The third-order valence-electron chi connectivity index (χ3n) is 5.68. The topological polar surface area (TPSA) is 50.7 Å². The molecule has 4 aliphatic carbocycles. The van der Waals surface area contributed by atoms with E-state index in [0.717, 1.165) is 11.8 Å². The highest BCUT2D eigenvalue weighted by Gasteiger charge is 2.46. The maximum atomic E-state index is 12.0. The summed E-state index contributed by atoms with van der Waals surface area (Å²) < 4.78 is 5.50. The molecule has 122 valence electrons. The van der Waals surface area contributed by atoms with Gasteiger partial charge in [-0.1, -0.05) is 17.7 Å². The molecule has 1 aromatic rings. The summed E-state index contributed by atoms with van der Waals surface area (Å²) in [5.41, 5.74) is 5.14. The Bertz CT molecular complexity index is 591. The molecule has 4 nitrogen and oxygen atoms in total. The van der Waals surface area contributed by atoms with E-state index in [9.17, 15) is 4.79 Å². The molecule has 4 bridgehead atoms. The van der Waals surface area contributed by atoms with Crippen molar-refractivity contribution in [2.75, 3.05) is 6.61 Å². The van der Waals surface area contributed by atoms with Gasteiger partial charge < -0.3 is 4.74 Å². The summed E-state index contributed by atoms with van der Waals surface area (Å²) in [5.74, 6) is 3.60. The number of hydrazone groups is 1. The van der Waals surface area contributed by atoms with E-state index in [2.05, 4.69) is 10.5 Å². The van der Waals surface area contributed by atoms with Crippen molar-refractivity contribution >= 4 is 11.6 Å². The number of amides is 1. The number of rotatable bonds is 4. The summed E-state index contributed by atoms with van der Waals surface area (Å²) in [6.07, 6.45) is 6.54. The molecule has 0 heterocycles. The molecule has 23 heavy (non-hydrogen) atoms. The first-order valence-electron chi connectivity index (χ1n) is 8.73. The van der Waals surface area contributed by atoms with Crippen LogP contribution in [0.1, 0.15) is 37.7 Å². The standard InChI is InChI=1S/C19H24N2O2/c1-12-2-4-17(5-3-12)23-11-18(22)20-21-19-15-7-13-6-14(9-15)10-16(19)8-13/h2-5,13-16H,6-11H2,1H3,(H,20,22). The Hall–Kier alpha value is -1.84. The minimum atomic E-state index is -0.174. The Labute approximate surface area is 137 Å². The Kier molecular flexibility index (Phi) is 3.83. The van der Waals surface area contributed by atoms with Crippen LogP contribution in [-0.4, -0.2) is 18.2 Å². The molecule has 4 heteroatoms. The normalized spacial score (nSPS) is 31.1. The lowest BCUT2D eigenvalue weighted by Gasteiger charge is -2.50. The van der Waals surface area contributed by atoms with E-state index in [-0.39, 0.29) is 12.5 Å². The minimum absolute atomic E-state index is 0.0143. The van der Waals surface area contributed by atoms with Crippen LogP contribution >= 0.6 is 0 Å². The van der Waals surface area contributed by atoms with Gasteiger partial charge in [0, 0.05) is 5.71 Å². The number of carbonyl (C=O) groups excluding carboxylic acids is 1. The number of benzene rings is 1. The second kappa shape index (κ2) is 5.99.